The number of hydrogen-bond donors (Lipinski definition) is 3. The highest BCUT2D eigenvalue weighted by molar-refractivity contribution is 6.04. The summed E-state index contributed by atoms with van der Waals surface area (Å²) < 4.78 is 0. The van der Waals surface area contributed by atoms with Crippen LogP contribution in [0.15, 0.2) is 48.8 Å². The van der Waals surface area contributed by atoms with E-state index in [1.165, 1.54) is 12.4 Å². The van der Waals surface area contributed by atoms with Crippen molar-refractivity contribution in [2.24, 2.45) is 0 Å². The van der Waals surface area contributed by atoms with Gasteiger partial charge in [0.25, 0.3) is 5.91 Å². The van der Waals surface area contributed by atoms with Gasteiger partial charge >= 0.3 is 5.97 Å². The van der Waals surface area contributed by atoms with E-state index >= 15 is 0 Å². The first-order valence-electron chi connectivity index (χ1n) is 7.15. The van der Waals surface area contributed by atoms with Gasteiger partial charge in [-0.3, -0.25) is 9.89 Å². The van der Waals surface area contributed by atoms with Crippen LogP contribution in [-0.4, -0.2) is 32.2 Å². The van der Waals surface area contributed by atoms with Gasteiger partial charge in [0.15, 0.2) is 5.82 Å². The molecule has 0 saturated heterocycles. The average molecular weight is 322 g/mol. The van der Waals surface area contributed by atoms with E-state index in [4.69, 9.17) is 5.11 Å². The monoisotopic (exact) mass is 322 g/mol. The molecule has 0 radical (unpaired) electrons. The fourth-order valence-corrected chi connectivity index (χ4v) is 2.31. The lowest BCUT2D eigenvalue weighted by atomic mass is 10.1. The van der Waals surface area contributed by atoms with Gasteiger partial charge in [-0.1, -0.05) is 12.1 Å². The summed E-state index contributed by atoms with van der Waals surface area (Å²) in [5.41, 5.74) is 2.65. The van der Waals surface area contributed by atoms with Gasteiger partial charge in [-0.15, -0.1) is 0 Å². The molecule has 120 valence electrons. The van der Waals surface area contributed by atoms with Crippen LogP contribution in [0.4, 0.5) is 5.69 Å². The van der Waals surface area contributed by atoms with Crippen molar-refractivity contribution < 1.29 is 14.7 Å². The van der Waals surface area contributed by atoms with Gasteiger partial charge in [0.2, 0.25) is 0 Å². The topological polar surface area (TPSA) is 108 Å². The number of aromatic nitrogens is 3. The van der Waals surface area contributed by atoms with E-state index < -0.39 is 5.97 Å². The van der Waals surface area contributed by atoms with Crippen molar-refractivity contribution in [1.29, 1.82) is 0 Å². The minimum absolute atomic E-state index is 0.212. The van der Waals surface area contributed by atoms with Crippen molar-refractivity contribution in [2.75, 3.05) is 5.32 Å². The smallest absolute Gasteiger partial charge is 0.335 e. The number of carboxylic acids is 1. The van der Waals surface area contributed by atoms with Crippen molar-refractivity contribution in [3.05, 3.63) is 65.5 Å². The summed E-state index contributed by atoms with van der Waals surface area (Å²) in [6.07, 6.45) is 1.42. The zero-order chi connectivity index (χ0) is 17.1. The normalized spacial score (nSPS) is 10.4. The molecule has 7 nitrogen and oxygen atoms in total. The van der Waals surface area contributed by atoms with Crippen molar-refractivity contribution in [1.82, 2.24) is 15.2 Å². The van der Waals surface area contributed by atoms with Crippen LogP contribution in [-0.2, 0) is 0 Å². The summed E-state index contributed by atoms with van der Waals surface area (Å²) in [5.74, 6) is -0.642. The third-order valence-corrected chi connectivity index (χ3v) is 3.55. The molecular weight excluding hydrogens is 308 g/mol. The fourth-order valence-electron chi connectivity index (χ4n) is 2.31. The number of carboxylic acid groups (broad SMARTS) is 1. The Bertz CT molecular complexity index is 887. The number of aromatic carboxylic acids is 1. The second-order valence-electron chi connectivity index (χ2n) is 5.20. The number of benzene rings is 2. The number of carbonyl (C=O) groups excluding carboxylic acids is 1. The molecule has 0 aliphatic rings. The molecule has 1 amide bonds. The number of nitrogens with one attached hydrogen (secondary N) is 2. The van der Waals surface area contributed by atoms with Crippen LogP contribution < -0.4 is 5.32 Å². The van der Waals surface area contributed by atoms with Crippen LogP contribution in [0.5, 0.6) is 0 Å². The number of nitrogens with zero attached hydrogens (tertiary/aromatic N) is 2. The maximum Gasteiger partial charge on any atom is 0.335 e. The van der Waals surface area contributed by atoms with E-state index in [9.17, 15) is 9.59 Å². The first kappa shape index (κ1) is 15.4. The van der Waals surface area contributed by atoms with Gasteiger partial charge in [-0.05, 0) is 42.8 Å². The quantitative estimate of drug-likeness (QED) is 0.684. The molecule has 0 aliphatic heterocycles. The van der Waals surface area contributed by atoms with E-state index in [1.807, 2.05) is 0 Å². The molecule has 0 bridgehead atoms. The molecule has 3 rings (SSSR count). The molecule has 0 atom stereocenters. The predicted octanol–water partition coefficient (Wildman–Crippen LogP) is 2.73. The Morgan fingerprint density at radius 1 is 1.12 bits per heavy atom. The van der Waals surface area contributed by atoms with Crippen LogP contribution >= 0.6 is 0 Å². The van der Waals surface area contributed by atoms with Crippen molar-refractivity contribution in [2.45, 2.75) is 6.92 Å². The van der Waals surface area contributed by atoms with Gasteiger partial charge in [0, 0.05) is 16.8 Å². The zero-order valence-electron chi connectivity index (χ0n) is 12.8. The van der Waals surface area contributed by atoms with E-state index in [0.717, 1.165) is 5.56 Å². The third-order valence-electron chi connectivity index (χ3n) is 3.55. The minimum Gasteiger partial charge on any atom is -0.478 e. The third kappa shape index (κ3) is 3.14. The highest BCUT2D eigenvalue weighted by Gasteiger charge is 2.10. The standard InChI is InChI=1S/C17H14N4O3/c1-10-8-13(6-7-14(10)17(23)24)20-16(22)12-4-2-11(3-5-12)15-18-9-19-21-15/h2-9H,1H3,(H,20,22)(H,23,24)(H,18,19,21). The molecule has 0 aliphatic carbocycles. The van der Waals surface area contributed by atoms with Gasteiger partial charge in [-0.25, -0.2) is 9.78 Å². The van der Waals surface area contributed by atoms with E-state index in [1.54, 1.807) is 43.3 Å². The molecule has 1 aromatic heterocycles. The molecule has 0 saturated carbocycles. The van der Waals surface area contributed by atoms with Crippen molar-refractivity contribution >= 4 is 17.6 Å². The molecular formula is C17H14N4O3. The van der Waals surface area contributed by atoms with Crippen LogP contribution in [0, 0.1) is 6.92 Å². The van der Waals surface area contributed by atoms with Gasteiger partial charge < -0.3 is 10.4 Å². The maximum absolute atomic E-state index is 12.3. The number of anilines is 1. The number of hydrogen-bond acceptors (Lipinski definition) is 4. The van der Waals surface area contributed by atoms with Crippen LogP contribution in [0.2, 0.25) is 0 Å². The van der Waals surface area contributed by atoms with Crippen LogP contribution in [0.25, 0.3) is 11.4 Å². The van der Waals surface area contributed by atoms with Crippen LogP contribution in [0.1, 0.15) is 26.3 Å². The number of carbonyl (C=O) groups is 2. The summed E-state index contributed by atoms with van der Waals surface area (Å²) in [6.45, 7) is 1.69. The van der Waals surface area contributed by atoms with E-state index in [-0.39, 0.29) is 11.5 Å². The van der Waals surface area contributed by atoms with E-state index in [0.29, 0.717) is 22.6 Å². The molecule has 2 aromatic carbocycles. The maximum atomic E-state index is 12.3. The lowest BCUT2D eigenvalue weighted by molar-refractivity contribution is 0.0696. The lowest BCUT2D eigenvalue weighted by Gasteiger charge is -2.08. The second-order valence-corrected chi connectivity index (χ2v) is 5.20. The summed E-state index contributed by atoms with van der Waals surface area (Å²) in [6, 6.07) is 11.6. The average Bonchev–Trinajstić information content (AvgIpc) is 3.09. The Hall–Kier alpha value is -3.48. The first-order valence-corrected chi connectivity index (χ1v) is 7.15. The highest BCUT2D eigenvalue weighted by atomic mass is 16.4. The summed E-state index contributed by atoms with van der Waals surface area (Å²) in [5, 5.41) is 18.3. The number of amides is 1. The highest BCUT2D eigenvalue weighted by Crippen LogP contribution is 2.18. The molecule has 7 heteroatoms. The fraction of sp³-hybridized carbons (Fsp3) is 0.0588. The molecule has 0 fully saturated rings. The van der Waals surface area contributed by atoms with Gasteiger partial charge in [0.05, 0.1) is 5.56 Å². The van der Waals surface area contributed by atoms with E-state index in [2.05, 4.69) is 20.5 Å². The zero-order valence-corrected chi connectivity index (χ0v) is 12.8. The Labute approximate surface area is 137 Å². The summed E-state index contributed by atoms with van der Waals surface area (Å²) >= 11 is 0. The number of rotatable bonds is 4. The molecule has 0 spiro atoms. The molecule has 3 N–H and O–H groups in total. The summed E-state index contributed by atoms with van der Waals surface area (Å²) in [7, 11) is 0. The SMILES string of the molecule is Cc1cc(NC(=O)c2ccc(-c3ncn[nH]3)cc2)ccc1C(=O)O. The Kier molecular flexibility index (Phi) is 4.07. The number of aryl methyl sites for hydroxylation is 1. The number of H-pyrrole nitrogens is 1. The number of aromatic amines is 1. The second kappa shape index (κ2) is 6.33. The molecule has 24 heavy (non-hydrogen) atoms. The Morgan fingerprint density at radius 3 is 2.46 bits per heavy atom. The first-order chi connectivity index (χ1) is 11.5. The predicted molar refractivity (Wildman–Crippen MR) is 87.9 cm³/mol. The largest absolute Gasteiger partial charge is 0.478 e. The lowest BCUT2D eigenvalue weighted by Crippen LogP contribution is -2.12. The molecule has 3 aromatic rings. The van der Waals surface area contributed by atoms with Crippen LogP contribution in [0.3, 0.4) is 0 Å². The molecule has 0 unspecified atom stereocenters. The van der Waals surface area contributed by atoms with Gasteiger partial charge in [0.1, 0.15) is 6.33 Å². The summed E-state index contributed by atoms with van der Waals surface area (Å²) in [4.78, 5) is 27.3. The molecule has 1 heterocycles. The Balaban J connectivity index is 1.75. The minimum atomic E-state index is -0.992. The Morgan fingerprint density at radius 2 is 1.88 bits per heavy atom. The van der Waals surface area contributed by atoms with Crippen molar-refractivity contribution in [3.8, 4) is 11.4 Å². The van der Waals surface area contributed by atoms with Crippen molar-refractivity contribution in [3.63, 3.8) is 0 Å². The van der Waals surface area contributed by atoms with Gasteiger partial charge in [-0.2, -0.15) is 5.10 Å².